The Kier molecular flexibility index (Phi) is 42.3. The van der Waals surface area contributed by atoms with Gasteiger partial charge in [0.1, 0.15) is 20.2 Å². The smallest absolute Gasteiger partial charge is 0.744 e. The Hall–Kier alpha value is -1.21. The first kappa shape index (κ1) is 71.9. The largest absolute Gasteiger partial charge is 2.00 e. The van der Waals surface area contributed by atoms with Crippen LogP contribution in [0.2, 0.25) is 0 Å². The molecular formula is C68H110BaO6S2. The number of hydrogen-bond donors (Lipinski definition) is 0. The Balaban J connectivity index is 0.000000520. The molecule has 0 heterocycles. The Bertz CT molecular complexity index is 2160. The third-order valence-corrected chi connectivity index (χ3v) is 17.9. The molecule has 9 heteroatoms. The predicted molar refractivity (Wildman–Crippen MR) is 332 cm³/mol. The van der Waals surface area contributed by atoms with Crippen LogP contribution in [0.3, 0.4) is 0 Å². The Morgan fingerprint density at radius 1 is 0.286 bits per heavy atom. The van der Waals surface area contributed by atoms with Gasteiger partial charge in [-0.15, -0.1) is 0 Å². The van der Waals surface area contributed by atoms with E-state index in [1.807, 2.05) is 12.1 Å². The van der Waals surface area contributed by atoms with Gasteiger partial charge in [-0.2, -0.15) is 0 Å². The van der Waals surface area contributed by atoms with Gasteiger partial charge in [-0.05, 0) is 107 Å². The van der Waals surface area contributed by atoms with Crippen LogP contribution in [-0.2, 0) is 45.9 Å². The van der Waals surface area contributed by atoms with Crippen molar-refractivity contribution >= 4 is 90.7 Å². The Labute approximate surface area is 514 Å². The molecule has 0 aliphatic rings. The molecule has 0 N–H and O–H groups in total. The maximum atomic E-state index is 12.2. The van der Waals surface area contributed by atoms with Gasteiger partial charge >= 0.3 is 48.9 Å². The molecule has 0 aliphatic heterocycles. The average Bonchev–Trinajstić information content (AvgIpc) is 3.43. The van der Waals surface area contributed by atoms with E-state index < -0.39 is 20.2 Å². The summed E-state index contributed by atoms with van der Waals surface area (Å²) in [5, 5.41) is 4.17. The van der Waals surface area contributed by atoms with E-state index >= 15 is 0 Å². The van der Waals surface area contributed by atoms with E-state index in [-0.39, 0.29) is 58.7 Å². The summed E-state index contributed by atoms with van der Waals surface area (Å²) in [5.41, 5.74) is 3.93. The zero-order valence-electron chi connectivity index (χ0n) is 49.9. The molecule has 0 fully saturated rings. The van der Waals surface area contributed by atoms with Crippen molar-refractivity contribution in [2.75, 3.05) is 0 Å². The van der Waals surface area contributed by atoms with Crippen LogP contribution in [0.25, 0.3) is 21.5 Å². The van der Waals surface area contributed by atoms with E-state index in [1.165, 1.54) is 229 Å². The number of benzene rings is 4. The van der Waals surface area contributed by atoms with Gasteiger partial charge in [0.15, 0.2) is 0 Å². The quantitative estimate of drug-likeness (QED) is 0.0247. The molecule has 0 radical (unpaired) electrons. The summed E-state index contributed by atoms with van der Waals surface area (Å²) < 4.78 is 73.1. The molecule has 4 aromatic carbocycles. The number of rotatable bonds is 46. The Morgan fingerprint density at radius 2 is 0.506 bits per heavy atom. The summed E-state index contributed by atoms with van der Waals surface area (Å²) in [6, 6.07) is 19.3. The molecule has 432 valence electrons. The van der Waals surface area contributed by atoms with Crippen molar-refractivity contribution < 1.29 is 25.9 Å². The number of fused-ring (bicyclic) bond motifs is 2. The molecule has 0 bridgehead atoms. The van der Waals surface area contributed by atoms with E-state index in [0.29, 0.717) is 12.8 Å². The molecule has 0 unspecified atom stereocenters. The molecule has 0 spiro atoms. The minimum absolute atomic E-state index is 0. The summed E-state index contributed by atoms with van der Waals surface area (Å²) in [5.74, 6) is 0. The van der Waals surface area contributed by atoms with E-state index in [1.54, 1.807) is 12.1 Å². The van der Waals surface area contributed by atoms with Crippen LogP contribution in [0.4, 0.5) is 0 Å². The van der Waals surface area contributed by atoms with Crippen molar-refractivity contribution in [3.63, 3.8) is 0 Å². The van der Waals surface area contributed by atoms with Crippen LogP contribution < -0.4 is 0 Å². The number of hydrogen-bond acceptors (Lipinski definition) is 6. The van der Waals surface area contributed by atoms with Crippen LogP contribution in [0, 0.1) is 0 Å². The second-order valence-electron chi connectivity index (χ2n) is 22.8. The van der Waals surface area contributed by atoms with Crippen LogP contribution in [-0.4, -0.2) is 74.8 Å². The fraction of sp³-hybridized carbons (Fsp3) is 0.706. The fourth-order valence-electron chi connectivity index (χ4n) is 11.6. The van der Waals surface area contributed by atoms with Gasteiger partial charge in [-0.3, -0.25) is 0 Å². The maximum absolute atomic E-state index is 12.2. The van der Waals surface area contributed by atoms with Gasteiger partial charge in [0.25, 0.3) is 0 Å². The third kappa shape index (κ3) is 31.2. The molecule has 6 nitrogen and oxygen atoms in total. The van der Waals surface area contributed by atoms with Crippen molar-refractivity contribution in [2.45, 2.75) is 320 Å². The first-order valence-electron chi connectivity index (χ1n) is 32.0. The second kappa shape index (κ2) is 45.3. The number of aryl methyl sites for hydroxylation is 4. The van der Waals surface area contributed by atoms with Gasteiger partial charge in [-0.1, -0.05) is 307 Å². The van der Waals surface area contributed by atoms with Gasteiger partial charge < -0.3 is 9.11 Å². The minimum Gasteiger partial charge on any atom is -0.744 e. The molecule has 0 atom stereocenters. The molecular weight excluding hydrogens is 1110 g/mol. The van der Waals surface area contributed by atoms with Crippen molar-refractivity contribution in [3.05, 3.63) is 82.9 Å². The van der Waals surface area contributed by atoms with Gasteiger partial charge in [-0.25, -0.2) is 16.8 Å². The third-order valence-electron chi connectivity index (χ3n) is 16.1. The molecule has 0 saturated carbocycles. The summed E-state index contributed by atoms with van der Waals surface area (Å²) in [6.07, 6.45) is 54.0. The summed E-state index contributed by atoms with van der Waals surface area (Å²) in [6.45, 7) is 9.02. The topological polar surface area (TPSA) is 114 Å². The minimum atomic E-state index is -4.50. The van der Waals surface area contributed by atoms with Crippen LogP contribution in [0.1, 0.15) is 307 Å². The standard InChI is InChI=1S/2C34H56O3S.Ba/c2*1-3-5-7-9-11-13-15-17-19-21-24-30-25-23-26-31-28-29-33(38(35,36)37)32(34(30)31)27-22-20-18-16-14-12-10-8-6-4-2;/h2*23,25-26,28-29H,3-22,24,27H2,1-2H3,(H,35,36,37);/q;;+2/p-2. The molecule has 0 amide bonds. The molecule has 4 aromatic rings. The fourth-order valence-corrected chi connectivity index (χ4v) is 13.1. The number of unbranched alkanes of at least 4 members (excludes halogenated alkanes) is 36. The van der Waals surface area contributed by atoms with Gasteiger partial charge in [0.2, 0.25) is 0 Å². The maximum Gasteiger partial charge on any atom is 2.00 e. The summed E-state index contributed by atoms with van der Waals surface area (Å²) in [7, 11) is -9.00. The molecule has 0 aliphatic carbocycles. The second-order valence-corrected chi connectivity index (χ2v) is 25.4. The summed E-state index contributed by atoms with van der Waals surface area (Å²) >= 11 is 0. The monoisotopic (exact) mass is 1220 g/mol. The van der Waals surface area contributed by atoms with E-state index in [4.69, 9.17) is 0 Å². The normalized spacial score (nSPS) is 11.8. The first-order chi connectivity index (χ1) is 37.0. The van der Waals surface area contributed by atoms with Crippen molar-refractivity contribution in [1.82, 2.24) is 0 Å². The van der Waals surface area contributed by atoms with Gasteiger partial charge in [0.05, 0.1) is 9.79 Å². The van der Waals surface area contributed by atoms with Crippen molar-refractivity contribution in [1.29, 1.82) is 0 Å². The zero-order valence-corrected chi connectivity index (χ0v) is 55.9. The predicted octanol–water partition coefficient (Wildman–Crippen LogP) is 21.0. The molecule has 0 saturated heterocycles. The van der Waals surface area contributed by atoms with Gasteiger partial charge in [0, 0.05) is 0 Å². The summed E-state index contributed by atoms with van der Waals surface area (Å²) in [4.78, 5) is -0.00658. The van der Waals surface area contributed by atoms with Crippen LogP contribution >= 0.6 is 0 Å². The zero-order chi connectivity index (χ0) is 55.0. The van der Waals surface area contributed by atoms with E-state index in [0.717, 1.165) is 84.0 Å². The van der Waals surface area contributed by atoms with Crippen LogP contribution in [0.5, 0.6) is 0 Å². The van der Waals surface area contributed by atoms with E-state index in [2.05, 4.69) is 64.1 Å². The molecule has 77 heavy (non-hydrogen) atoms. The Morgan fingerprint density at radius 3 is 0.740 bits per heavy atom. The van der Waals surface area contributed by atoms with Crippen LogP contribution in [0.15, 0.2) is 70.5 Å². The van der Waals surface area contributed by atoms with Crippen molar-refractivity contribution in [3.8, 4) is 0 Å². The van der Waals surface area contributed by atoms with E-state index in [9.17, 15) is 25.9 Å². The first-order valence-corrected chi connectivity index (χ1v) is 34.8. The molecule has 0 aromatic heterocycles. The molecule has 4 rings (SSSR count). The SMILES string of the molecule is CCCCCCCCCCCCc1cccc2ccc(S(=O)(=O)[O-])c(CCCCCCCCCCCC)c12.CCCCCCCCCCCCc1cccc2ccc(S(=O)(=O)[O-])c(CCCCCCCCCCCC)c12.[Ba+2]. The average molecular weight is 1230 g/mol. The van der Waals surface area contributed by atoms with Crippen molar-refractivity contribution in [2.24, 2.45) is 0 Å².